The summed E-state index contributed by atoms with van der Waals surface area (Å²) in [5.74, 6) is 0. The highest BCUT2D eigenvalue weighted by atomic mass is 79.9. The Kier molecular flexibility index (Phi) is 4.80. The van der Waals surface area contributed by atoms with Crippen molar-refractivity contribution in [2.45, 2.75) is 56.1 Å². The number of benzene rings is 2. The van der Waals surface area contributed by atoms with E-state index in [2.05, 4.69) is 52.3 Å². The molecule has 2 aromatic carbocycles. The molecule has 23 heavy (non-hydrogen) atoms. The van der Waals surface area contributed by atoms with Crippen LogP contribution in [0.2, 0.25) is 0 Å². The van der Waals surface area contributed by atoms with Crippen molar-refractivity contribution in [3.63, 3.8) is 0 Å². The number of hydrogen-bond donors (Lipinski definition) is 0. The van der Waals surface area contributed by atoms with Gasteiger partial charge in [-0.25, -0.2) is 0 Å². The van der Waals surface area contributed by atoms with E-state index in [-0.39, 0.29) is 4.75 Å². The van der Waals surface area contributed by atoms with E-state index in [4.69, 9.17) is 0 Å². The summed E-state index contributed by atoms with van der Waals surface area (Å²) in [6.07, 6.45) is 3.89. The largest absolute Gasteiger partial charge is 0.254 e. The van der Waals surface area contributed by atoms with Crippen molar-refractivity contribution in [1.82, 2.24) is 0 Å². The third-order valence-corrected chi connectivity index (χ3v) is 7.51. The number of hydrogen-bond acceptors (Lipinski definition) is 1. The molecular weight excluding hydrogens is 368 g/mol. The summed E-state index contributed by atoms with van der Waals surface area (Å²) in [5, 5.41) is 0. The van der Waals surface area contributed by atoms with Gasteiger partial charge in [-0.15, -0.1) is 0 Å². The van der Waals surface area contributed by atoms with E-state index < -0.39 is 10.8 Å². The average Bonchev–Trinajstić information content (AvgIpc) is 2.49. The fourth-order valence-corrected chi connectivity index (χ4v) is 5.30. The van der Waals surface area contributed by atoms with Crippen LogP contribution in [0.1, 0.15) is 43.0 Å². The van der Waals surface area contributed by atoms with Gasteiger partial charge < -0.3 is 0 Å². The van der Waals surface area contributed by atoms with Gasteiger partial charge in [0.15, 0.2) is 0 Å². The second-order valence-corrected chi connectivity index (χ2v) is 10.2. The van der Waals surface area contributed by atoms with Crippen molar-refractivity contribution in [2.75, 3.05) is 0 Å². The molecule has 1 nitrogen and oxygen atoms in total. The third kappa shape index (κ3) is 3.61. The molecule has 1 atom stereocenters. The van der Waals surface area contributed by atoms with Crippen LogP contribution >= 0.6 is 15.9 Å². The maximum Gasteiger partial charge on any atom is 0.0598 e. The minimum absolute atomic E-state index is 0.256. The molecule has 122 valence electrons. The molecule has 4 aliphatic carbocycles. The molecule has 0 N–H and O–H groups in total. The molecule has 0 heterocycles. The van der Waals surface area contributed by atoms with Crippen molar-refractivity contribution in [3.8, 4) is 0 Å². The molecule has 1 unspecified atom stereocenters. The van der Waals surface area contributed by atoms with Crippen LogP contribution in [0.15, 0.2) is 45.8 Å². The highest BCUT2D eigenvalue weighted by Crippen LogP contribution is 2.34. The number of rotatable bonds is 1. The molecule has 0 amide bonds. The summed E-state index contributed by atoms with van der Waals surface area (Å²) >= 11 is 3.77. The van der Waals surface area contributed by atoms with E-state index in [0.717, 1.165) is 35.1 Å². The topological polar surface area (TPSA) is 17.1 Å². The van der Waals surface area contributed by atoms with Gasteiger partial charge in [0.2, 0.25) is 0 Å². The molecule has 4 bridgehead atoms. The Morgan fingerprint density at radius 3 is 1.83 bits per heavy atom. The van der Waals surface area contributed by atoms with Gasteiger partial charge in [-0.2, -0.15) is 0 Å². The second-order valence-electron chi connectivity index (χ2n) is 7.22. The van der Waals surface area contributed by atoms with Crippen LogP contribution in [0, 0.1) is 0 Å². The molecule has 3 heteroatoms. The quantitative estimate of drug-likeness (QED) is 0.650. The van der Waals surface area contributed by atoms with Gasteiger partial charge in [0.25, 0.3) is 0 Å². The van der Waals surface area contributed by atoms with Crippen LogP contribution in [-0.4, -0.2) is 8.96 Å². The Morgan fingerprint density at radius 2 is 1.30 bits per heavy atom. The number of halogens is 1. The van der Waals surface area contributed by atoms with Gasteiger partial charge >= 0.3 is 0 Å². The Morgan fingerprint density at radius 1 is 0.826 bits per heavy atom. The highest BCUT2D eigenvalue weighted by molar-refractivity contribution is 9.10. The Bertz CT molecular complexity index is 741. The van der Waals surface area contributed by atoms with Crippen LogP contribution in [-0.2, 0) is 36.5 Å². The van der Waals surface area contributed by atoms with Crippen molar-refractivity contribution in [1.29, 1.82) is 0 Å². The molecule has 2 aromatic rings. The summed E-state index contributed by atoms with van der Waals surface area (Å²) < 4.78 is 13.9. The number of aryl methyl sites for hydroxylation is 4. The van der Waals surface area contributed by atoms with Crippen LogP contribution in [0.4, 0.5) is 0 Å². The zero-order valence-corrected chi connectivity index (χ0v) is 16.4. The Hall–Kier alpha value is -0.930. The maximum absolute atomic E-state index is 13.1. The van der Waals surface area contributed by atoms with Gasteiger partial charge in [0, 0.05) is 9.22 Å². The predicted molar refractivity (Wildman–Crippen MR) is 102 cm³/mol. The summed E-state index contributed by atoms with van der Waals surface area (Å²) in [4.78, 5) is 1.00. The molecule has 0 radical (unpaired) electrons. The molecule has 0 fully saturated rings. The van der Waals surface area contributed by atoms with Crippen molar-refractivity contribution in [3.05, 3.63) is 63.1 Å². The lowest BCUT2D eigenvalue weighted by Gasteiger charge is -2.23. The van der Waals surface area contributed by atoms with E-state index in [1.54, 1.807) is 0 Å². The zero-order valence-electron chi connectivity index (χ0n) is 14.0. The lowest BCUT2D eigenvalue weighted by Crippen LogP contribution is -2.23. The minimum atomic E-state index is -1.03. The van der Waals surface area contributed by atoms with E-state index in [9.17, 15) is 4.21 Å². The molecule has 4 aliphatic rings. The first-order valence-electron chi connectivity index (χ1n) is 8.16. The van der Waals surface area contributed by atoms with Crippen LogP contribution in [0.3, 0.4) is 0 Å². The molecule has 6 rings (SSSR count). The second kappa shape index (κ2) is 6.52. The predicted octanol–water partition coefficient (Wildman–Crippen LogP) is 5.24. The molecule has 0 aromatic heterocycles. The van der Waals surface area contributed by atoms with Crippen LogP contribution < -0.4 is 0 Å². The zero-order chi connectivity index (χ0) is 16.6. The fraction of sp³-hybridized carbons (Fsp3) is 0.400. The van der Waals surface area contributed by atoms with Gasteiger partial charge in [0.05, 0.1) is 15.7 Å². The summed E-state index contributed by atoms with van der Waals surface area (Å²) in [6, 6.07) is 13.3. The van der Waals surface area contributed by atoms with E-state index in [0.29, 0.717) is 0 Å². The van der Waals surface area contributed by atoms with Crippen LogP contribution in [0.25, 0.3) is 0 Å². The minimum Gasteiger partial charge on any atom is -0.254 e. The summed E-state index contributed by atoms with van der Waals surface area (Å²) in [6.45, 7) is 6.15. The standard InChI is InChI=1S/C20H23BrOS/c1-20(2,3)23(22)19-17-11-9-15-6-4-14(5-7-15)8-10-16(12-13-17)18(19)21/h4-7,12-13H,8-11H2,1-3H3. The maximum atomic E-state index is 13.1. The lowest BCUT2D eigenvalue weighted by atomic mass is 9.97. The molecular formula is C20H23BrOS. The smallest absolute Gasteiger partial charge is 0.0598 e. The van der Waals surface area contributed by atoms with Crippen LogP contribution in [0.5, 0.6) is 0 Å². The van der Waals surface area contributed by atoms with Gasteiger partial charge in [-0.05, 0) is 84.6 Å². The van der Waals surface area contributed by atoms with Crippen molar-refractivity contribution >= 4 is 26.7 Å². The first-order chi connectivity index (χ1) is 10.9. The van der Waals surface area contributed by atoms with Crippen molar-refractivity contribution in [2.24, 2.45) is 0 Å². The van der Waals surface area contributed by atoms with E-state index in [1.807, 2.05) is 20.8 Å². The monoisotopic (exact) mass is 390 g/mol. The van der Waals surface area contributed by atoms with Gasteiger partial charge in [-0.1, -0.05) is 36.4 Å². The first kappa shape index (κ1) is 16.9. The normalized spacial score (nSPS) is 16.0. The fourth-order valence-electron chi connectivity index (χ4n) is 2.96. The van der Waals surface area contributed by atoms with Gasteiger partial charge in [0.1, 0.15) is 0 Å². The average molecular weight is 391 g/mol. The molecule has 0 aliphatic heterocycles. The molecule has 0 saturated carbocycles. The third-order valence-electron chi connectivity index (χ3n) is 4.39. The van der Waals surface area contributed by atoms with Gasteiger partial charge in [-0.3, -0.25) is 4.21 Å². The molecule has 0 saturated heterocycles. The Balaban J connectivity index is 2.10. The first-order valence-corrected chi connectivity index (χ1v) is 10.1. The van der Waals surface area contributed by atoms with E-state index in [1.165, 1.54) is 22.3 Å². The highest BCUT2D eigenvalue weighted by Gasteiger charge is 2.26. The summed E-state index contributed by atoms with van der Waals surface area (Å²) in [7, 11) is -1.03. The summed E-state index contributed by atoms with van der Waals surface area (Å²) in [5.41, 5.74) is 5.18. The lowest BCUT2D eigenvalue weighted by molar-refractivity contribution is 0.646. The Labute approximate surface area is 150 Å². The molecule has 0 spiro atoms. The van der Waals surface area contributed by atoms with Crippen molar-refractivity contribution < 1.29 is 4.21 Å². The SMILES string of the molecule is CC(C)(C)S(=O)c1c2ccc(c1Br)CCc1ccc(cc1)CC2. The van der Waals surface area contributed by atoms with E-state index >= 15 is 0 Å².